The summed E-state index contributed by atoms with van der Waals surface area (Å²) in [5.74, 6) is -1.23. The average Bonchev–Trinajstić information content (AvgIpc) is 2.56. The van der Waals surface area contributed by atoms with Gasteiger partial charge in [0.05, 0.1) is 17.7 Å². The average molecular weight is 313 g/mol. The molecule has 0 spiro atoms. The predicted molar refractivity (Wildman–Crippen MR) is 82.7 cm³/mol. The standard InChI is InChI=1S/C18H16FNO3/c1-2-22-10-9-13-3-5-14(6-4-13)18(21)23-16-8-7-15(12-20)17(19)11-16/h3-8,11H,2,9-10H2,1H3. The van der Waals surface area contributed by atoms with Gasteiger partial charge in [0, 0.05) is 12.7 Å². The Kier molecular flexibility index (Phi) is 5.84. The SMILES string of the molecule is CCOCCc1ccc(C(=O)Oc2ccc(C#N)c(F)c2)cc1. The van der Waals surface area contributed by atoms with Gasteiger partial charge in [0.15, 0.2) is 0 Å². The number of carbonyl (C=O) groups is 1. The number of carbonyl (C=O) groups excluding carboxylic acids is 1. The lowest BCUT2D eigenvalue weighted by molar-refractivity contribution is 0.0734. The highest BCUT2D eigenvalue weighted by Crippen LogP contribution is 2.17. The Morgan fingerprint density at radius 2 is 1.96 bits per heavy atom. The van der Waals surface area contributed by atoms with Crippen LogP contribution in [-0.4, -0.2) is 19.2 Å². The molecule has 0 aliphatic carbocycles. The molecule has 0 aliphatic heterocycles. The number of esters is 1. The first-order valence-electron chi connectivity index (χ1n) is 7.22. The molecule has 23 heavy (non-hydrogen) atoms. The molecule has 0 radical (unpaired) electrons. The molecule has 0 aliphatic rings. The first-order valence-corrected chi connectivity index (χ1v) is 7.22. The van der Waals surface area contributed by atoms with Gasteiger partial charge in [-0.3, -0.25) is 0 Å². The molecule has 4 nitrogen and oxygen atoms in total. The first kappa shape index (κ1) is 16.7. The van der Waals surface area contributed by atoms with Crippen molar-refractivity contribution in [3.63, 3.8) is 0 Å². The van der Waals surface area contributed by atoms with Crippen molar-refractivity contribution in [1.29, 1.82) is 5.26 Å². The van der Waals surface area contributed by atoms with Gasteiger partial charge in [0.2, 0.25) is 0 Å². The van der Waals surface area contributed by atoms with Gasteiger partial charge in [-0.2, -0.15) is 5.26 Å². The maximum absolute atomic E-state index is 13.5. The zero-order valence-corrected chi connectivity index (χ0v) is 12.7. The lowest BCUT2D eigenvalue weighted by Crippen LogP contribution is -2.09. The Bertz CT molecular complexity index is 720. The number of halogens is 1. The summed E-state index contributed by atoms with van der Waals surface area (Å²) in [6.07, 6.45) is 0.768. The van der Waals surface area contributed by atoms with Crippen molar-refractivity contribution in [2.24, 2.45) is 0 Å². The van der Waals surface area contributed by atoms with Crippen LogP contribution in [0.4, 0.5) is 4.39 Å². The summed E-state index contributed by atoms with van der Waals surface area (Å²) < 4.78 is 23.9. The summed E-state index contributed by atoms with van der Waals surface area (Å²) in [7, 11) is 0. The van der Waals surface area contributed by atoms with Crippen LogP contribution in [0, 0.1) is 17.1 Å². The van der Waals surface area contributed by atoms with E-state index < -0.39 is 11.8 Å². The van der Waals surface area contributed by atoms with Crippen LogP contribution in [0.15, 0.2) is 42.5 Å². The van der Waals surface area contributed by atoms with E-state index in [1.807, 2.05) is 19.1 Å². The summed E-state index contributed by atoms with van der Waals surface area (Å²) >= 11 is 0. The zero-order valence-electron chi connectivity index (χ0n) is 12.7. The summed E-state index contributed by atoms with van der Waals surface area (Å²) in [6, 6.07) is 12.4. The van der Waals surface area contributed by atoms with E-state index in [4.69, 9.17) is 14.7 Å². The molecule has 0 saturated heterocycles. The largest absolute Gasteiger partial charge is 0.423 e. The Hall–Kier alpha value is -2.71. The number of rotatable bonds is 6. The van der Waals surface area contributed by atoms with Gasteiger partial charge in [-0.15, -0.1) is 0 Å². The van der Waals surface area contributed by atoms with Crippen LogP contribution in [0.3, 0.4) is 0 Å². The number of hydrogen-bond acceptors (Lipinski definition) is 4. The highest BCUT2D eigenvalue weighted by atomic mass is 19.1. The molecule has 0 unspecified atom stereocenters. The number of benzene rings is 2. The van der Waals surface area contributed by atoms with Crippen LogP contribution < -0.4 is 4.74 Å². The van der Waals surface area contributed by atoms with E-state index in [0.29, 0.717) is 18.8 Å². The van der Waals surface area contributed by atoms with Crippen molar-refractivity contribution in [1.82, 2.24) is 0 Å². The van der Waals surface area contributed by atoms with E-state index in [-0.39, 0.29) is 11.3 Å². The number of hydrogen-bond donors (Lipinski definition) is 0. The lowest BCUT2D eigenvalue weighted by atomic mass is 10.1. The fraction of sp³-hybridized carbons (Fsp3) is 0.222. The van der Waals surface area contributed by atoms with E-state index in [1.54, 1.807) is 18.2 Å². The van der Waals surface area contributed by atoms with Crippen LogP contribution in [0.2, 0.25) is 0 Å². The van der Waals surface area contributed by atoms with Gasteiger partial charge < -0.3 is 9.47 Å². The number of nitriles is 1. The fourth-order valence-corrected chi connectivity index (χ4v) is 1.96. The van der Waals surface area contributed by atoms with Crippen molar-refractivity contribution < 1.29 is 18.7 Å². The van der Waals surface area contributed by atoms with Gasteiger partial charge in [-0.1, -0.05) is 12.1 Å². The second kappa shape index (κ2) is 8.06. The van der Waals surface area contributed by atoms with Crippen LogP contribution in [0.1, 0.15) is 28.4 Å². The molecular formula is C18H16FNO3. The summed E-state index contributed by atoms with van der Waals surface area (Å²) in [4.78, 5) is 12.0. The Morgan fingerprint density at radius 1 is 1.22 bits per heavy atom. The summed E-state index contributed by atoms with van der Waals surface area (Å²) in [5.41, 5.74) is 1.33. The maximum Gasteiger partial charge on any atom is 0.343 e. The molecule has 118 valence electrons. The monoisotopic (exact) mass is 313 g/mol. The van der Waals surface area contributed by atoms with Crippen molar-refractivity contribution >= 4 is 5.97 Å². The molecule has 2 aromatic carbocycles. The van der Waals surface area contributed by atoms with Crippen molar-refractivity contribution in [3.8, 4) is 11.8 Å². The molecule has 0 fully saturated rings. The van der Waals surface area contributed by atoms with Gasteiger partial charge in [-0.25, -0.2) is 9.18 Å². The normalized spacial score (nSPS) is 10.1. The predicted octanol–water partition coefficient (Wildman–Crippen LogP) is 3.50. The Balaban J connectivity index is 2.00. The summed E-state index contributed by atoms with van der Waals surface area (Å²) in [6.45, 7) is 3.24. The van der Waals surface area contributed by atoms with E-state index in [9.17, 15) is 9.18 Å². The zero-order chi connectivity index (χ0) is 16.7. The molecule has 0 amide bonds. The van der Waals surface area contributed by atoms with E-state index in [2.05, 4.69) is 0 Å². The molecule has 5 heteroatoms. The van der Waals surface area contributed by atoms with Crippen molar-refractivity contribution in [3.05, 3.63) is 65.0 Å². The van der Waals surface area contributed by atoms with Gasteiger partial charge in [-0.05, 0) is 43.2 Å². The smallest absolute Gasteiger partial charge is 0.343 e. The number of nitrogens with zero attached hydrogens (tertiary/aromatic N) is 1. The van der Waals surface area contributed by atoms with Crippen LogP contribution >= 0.6 is 0 Å². The summed E-state index contributed by atoms with van der Waals surface area (Å²) in [5, 5.41) is 8.67. The minimum absolute atomic E-state index is 0.0620. The first-order chi connectivity index (χ1) is 11.1. The van der Waals surface area contributed by atoms with E-state index >= 15 is 0 Å². The van der Waals surface area contributed by atoms with E-state index in [0.717, 1.165) is 18.1 Å². The van der Waals surface area contributed by atoms with Gasteiger partial charge in [0.25, 0.3) is 0 Å². The van der Waals surface area contributed by atoms with Crippen LogP contribution in [0.25, 0.3) is 0 Å². The maximum atomic E-state index is 13.5. The minimum atomic E-state index is -0.718. The van der Waals surface area contributed by atoms with Crippen LogP contribution in [0.5, 0.6) is 5.75 Å². The molecular weight excluding hydrogens is 297 g/mol. The number of ether oxygens (including phenoxy) is 2. The fourth-order valence-electron chi connectivity index (χ4n) is 1.96. The highest BCUT2D eigenvalue weighted by molar-refractivity contribution is 5.91. The van der Waals surface area contributed by atoms with Crippen molar-refractivity contribution in [2.75, 3.05) is 13.2 Å². The molecule has 0 atom stereocenters. The third kappa shape index (κ3) is 4.63. The molecule has 0 saturated carbocycles. The molecule has 2 aromatic rings. The highest BCUT2D eigenvalue weighted by Gasteiger charge is 2.10. The molecule has 2 rings (SSSR count). The lowest BCUT2D eigenvalue weighted by Gasteiger charge is -2.06. The van der Waals surface area contributed by atoms with Gasteiger partial charge >= 0.3 is 5.97 Å². The quantitative estimate of drug-likeness (QED) is 0.465. The van der Waals surface area contributed by atoms with Gasteiger partial charge in [0.1, 0.15) is 17.6 Å². The van der Waals surface area contributed by atoms with Crippen LogP contribution in [-0.2, 0) is 11.2 Å². The topological polar surface area (TPSA) is 59.3 Å². The second-order valence-electron chi connectivity index (χ2n) is 4.79. The molecule has 0 aromatic heterocycles. The Morgan fingerprint density at radius 3 is 2.57 bits per heavy atom. The van der Waals surface area contributed by atoms with Crippen molar-refractivity contribution in [2.45, 2.75) is 13.3 Å². The Labute approximate surface area is 134 Å². The molecule has 0 N–H and O–H groups in total. The minimum Gasteiger partial charge on any atom is -0.423 e. The third-order valence-corrected chi connectivity index (χ3v) is 3.20. The second-order valence-corrected chi connectivity index (χ2v) is 4.79. The molecule has 0 bridgehead atoms. The molecule has 0 heterocycles. The van der Waals surface area contributed by atoms with E-state index in [1.165, 1.54) is 12.1 Å². The third-order valence-electron chi connectivity index (χ3n) is 3.20.